The zero-order valence-electron chi connectivity index (χ0n) is 16.3. The van der Waals surface area contributed by atoms with Crippen molar-refractivity contribution < 1.29 is 18.8 Å². The van der Waals surface area contributed by atoms with Gasteiger partial charge in [-0.3, -0.25) is 4.79 Å². The number of ether oxygens (including phenoxy) is 2. The summed E-state index contributed by atoms with van der Waals surface area (Å²) in [5, 5.41) is 7.04. The fraction of sp³-hybridized carbons (Fsp3) is 0.286. The third-order valence-corrected chi connectivity index (χ3v) is 4.34. The number of carbonyl (C=O) groups excluding carboxylic acids is 1. The minimum Gasteiger partial charge on any atom is -0.493 e. The van der Waals surface area contributed by atoms with Crippen LogP contribution in [0.1, 0.15) is 36.1 Å². The Hall–Kier alpha value is -3.35. The van der Waals surface area contributed by atoms with Gasteiger partial charge in [0.25, 0.3) is 5.91 Å². The molecule has 146 valence electrons. The second-order valence-corrected chi connectivity index (χ2v) is 6.59. The number of methoxy groups -OCH3 is 2. The summed E-state index contributed by atoms with van der Waals surface area (Å²) in [7, 11) is 3.14. The molecule has 0 aliphatic rings. The van der Waals surface area contributed by atoms with Gasteiger partial charge in [-0.1, -0.05) is 37.2 Å². The number of hydrogen-bond acceptors (Lipinski definition) is 6. The summed E-state index contributed by atoms with van der Waals surface area (Å²) in [6, 6.07) is 14.0. The Labute approximate surface area is 163 Å². The Bertz CT molecular complexity index is 938. The Morgan fingerprint density at radius 1 is 1.04 bits per heavy atom. The normalized spacial score (nSPS) is 11.9. The first-order valence-corrected chi connectivity index (χ1v) is 8.95. The fourth-order valence-electron chi connectivity index (χ4n) is 2.78. The lowest BCUT2D eigenvalue weighted by Crippen LogP contribution is -2.32. The maximum Gasteiger partial charge on any atom is 0.251 e. The molecule has 0 unspecified atom stereocenters. The molecule has 2 aromatic carbocycles. The van der Waals surface area contributed by atoms with Crippen LogP contribution in [0.5, 0.6) is 11.5 Å². The second-order valence-electron chi connectivity index (χ2n) is 6.59. The van der Waals surface area contributed by atoms with Crippen molar-refractivity contribution >= 4 is 5.91 Å². The van der Waals surface area contributed by atoms with Gasteiger partial charge in [0.2, 0.25) is 11.7 Å². The van der Waals surface area contributed by atoms with Gasteiger partial charge < -0.3 is 19.3 Å². The molecule has 0 saturated heterocycles. The van der Waals surface area contributed by atoms with Crippen LogP contribution in [0.15, 0.2) is 53.1 Å². The summed E-state index contributed by atoms with van der Waals surface area (Å²) in [6.07, 6.45) is 0. The largest absolute Gasteiger partial charge is 0.493 e. The molecule has 0 fully saturated rings. The topological polar surface area (TPSA) is 86.5 Å². The first-order valence-electron chi connectivity index (χ1n) is 8.95. The van der Waals surface area contributed by atoms with Gasteiger partial charge in [-0.15, -0.1) is 0 Å². The lowest BCUT2D eigenvalue weighted by atomic mass is 10.0. The summed E-state index contributed by atoms with van der Waals surface area (Å²) in [5.74, 6) is 1.82. The van der Waals surface area contributed by atoms with Crippen molar-refractivity contribution in [1.82, 2.24) is 15.5 Å². The first-order chi connectivity index (χ1) is 13.5. The third kappa shape index (κ3) is 4.14. The Morgan fingerprint density at radius 2 is 1.75 bits per heavy atom. The fourth-order valence-corrected chi connectivity index (χ4v) is 2.78. The number of amides is 1. The van der Waals surface area contributed by atoms with Crippen molar-refractivity contribution in [2.75, 3.05) is 14.2 Å². The van der Waals surface area contributed by atoms with Gasteiger partial charge in [0.15, 0.2) is 11.5 Å². The molecule has 3 aromatic rings. The van der Waals surface area contributed by atoms with Crippen LogP contribution >= 0.6 is 0 Å². The highest BCUT2D eigenvalue weighted by atomic mass is 16.5. The first kappa shape index (κ1) is 19.4. The van der Waals surface area contributed by atoms with E-state index in [2.05, 4.69) is 15.5 Å². The molecule has 0 radical (unpaired) electrons. The smallest absolute Gasteiger partial charge is 0.251 e. The van der Waals surface area contributed by atoms with Gasteiger partial charge in [-0.2, -0.15) is 4.98 Å². The van der Waals surface area contributed by atoms with E-state index in [1.54, 1.807) is 38.5 Å². The van der Waals surface area contributed by atoms with Crippen molar-refractivity contribution in [3.05, 3.63) is 60.0 Å². The molecule has 1 heterocycles. The van der Waals surface area contributed by atoms with Crippen LogP contribution in [0.2, 0.25) is 0 Å². The lowest BCUT2D eigenvalue weighted by molar-refractivity contribution is 0.0914. The maximum absolute atomic E-state index is 12.5. The van der Waals surface area contributed by atoms with E-state index in [1.807, 2.05) is 38.1 Å². The Balaban J connectivity index is 1.85. The van der Waals surface area contributed by atoms with Crippen molar-refractivity contribution in [2.45, 2.75) is 19.9 Å². The van der Waals surface area contributed by atoms with Gasteiger partial charge in [-0.05, 0) is 36.2 Å². The number of benzene rings is 2. The molecule has 28 heavy (non-hydrogen) atoms. The van der Waals surface area contributed by atoms with E-state index in [0.29, 0.717) is 28.8 Å². The van der Waals surface area contributed by atoms with E-state index in [1.165, 1.54) is 0 Å². The molecule has 1 amide bonds. The molecule has 0 spiro atoms. The molecule has 1 N–H and O–H groups in total. The Morgan fingerprint density at radius 3 is 2.39 bits per heavy atom. The van der Waals surface area contributed by atoms with Crippen LogP contribution in [0, 0.1) is 5.92 Å². The summed E-state index contributed by atoms with van der Waals surface area (Å²) in [5.41, 5.74) is 1.30. The molecular formula is C21H23N3O4. The van der Waals surface area contributed by atoms with Crippen LogP contribution in [-0.2, 0) is 0 Å². The predicted octanol–water partition coefficient (Wildman–Crippen LogP) is 3.88. The van der Waals surface area contributed by atoms with E-state index in [-0.39, 0.29) is 11.8 Å². The highest BCUT2D eigenvalue weighted by Gasteiger charge is 2.25. The second kappa shape index (κ2) is 8.56. The predicted molar refractivity (Wildman–Crippen MR) is 104 cm³/mol. The number of carbonyl (C=O) groups is 1. The molecule has 0 aliphatic heterocycles. The highest BCUT2D eigenvalue weighted by Crippen LogP contribution is 2.32. The lowest BCUT2D eigenvalue weighted by Gasteiger charge is -2.18. The van der Waals surface area contributed by atoms with Crippen LogP contribution in [0.25, 0.3) is 11.4 Å². The van der Waals surface area contributed by atoms with Crippen LogP contribution in [0.4, 0.5) is 0 Å². The average molecular weight is 381 g/mol. The van der Waals surface area contributed by atoms with Crippen molar-refractivity contribution in [2.24, 2.45) is 5.92 Å². The zero-order chi connectivity index (χ0) is 20.1. The monoisotopic (exact) mass is 381 g/mol. The SMILES string of the molecule is COc1ccc(-c2noc([C@H](NC(=O)c3ccccc3)C(C)C)n2)cc1OC. The van der Waals surface area contributed by atoms with Gasteiger partial charge in [0.05, 0.1) is 14.2 Å². The standard InChI is InChI=1S/C21H23N3O4/c1-13(2)18(22-20(25)14-8-6-5-7-9-14)21-23-19(24-28-21)15-10-11-16(26-3)17(12-15)27-4/h5-13,18H,1-4H3,(H,22,25)/t18-/m1/s1. The average Bonchev–Trinajstić information content (AvgIpc) is 3.21. The van der Waals surface area contributed by atoms with E-state index in [4.69, 9.17) is 14.0 Å². The molecule has 3 rings (SSSR count). The molecule has 0 bridgehead atoms. The van der Waals surface area contributed by atoms with Gasteiger partial charge in [-0.25, -0.2) is 0 Å². The molecule has 1 atom stereocenters. The molecule has 0 aliphatic carbocycles. The minimum atomic E-state index is -0.408. The summed E-state index contributed by atoms with van der Waals surface area (Å²) >= 11 is 0. The summed E-state index contributed by atoms with van der Waals surface area (Å²) in [6.45, 7) is 3.96. The third-order valence-electron chi connectivity index (χ3n) is 4.34. The number of nitrogens with one attached hydrogen (secondary N) is 1. The van der Waals surface area contributed by atoms with Crippen molar-refractivity contribution in [1.29, 1.82) is 0 Å². The molecule has 7 nitrogen and oxygen atoms in total. The van der Waals surface area contributed by atoms with Gasteiger partial charge in [0, 0.05) is 11.1 Å². The quantitative estimate of drug-likeness (QED) is 0.668. The van der Waals surface area contributed by atoms with Crippen LogP contribution in [0.3, 0.4) is 0 Å². The molecule has 7 heteroatoms. The van der Waals surface area contributed by atoms with Crippen molar-refractivity contribution in [3.8, 4) is 22.9 Å². The zero-order valence-corrected chi connectivity index (χ0v) is 16.3. The van der Waals surface area contributed by atoms with E-state index in [0.717, 1.165) is 5.56 Å². The van der Waals surface area contributed by atoms with Crippen molar-refractivity contribution in [3.63, 3.8) is 0 Å². The molecule has 0 saturated carbocycles. The van der Waals surface area contributed by atoms with Gasteiger partial charge in [0.1, 0.15) is 6.04 Å². The van der Waals surface area contributed by atoms with E-state index < -0.39 is 6.04 Å². The number of aromatic nitrogens is 2. The maximum atomic E-state index is 12.5. The molecular weight excluding hydrogens is 358 g/mol. The van der Waals surface area contributed by atoms with Crippen LogP contribution < -0.4 is 14.8 Å². The Kier molecular flexibility index (Phi) is 5.93. The van der Waals surface area contributed by atoms with E-state index in [9.17, 15) is 4.79 Å². The summed E-state index contributed by atoms with van der Waals surface area (Å²) < 4.78 is 16.0. The number of nitrogens with zero attached hydrogens (tertiary/aromatic N) is 2. The summed E-state index contributed by atoms with van der Waals surface area (Å²) in [4.78, 5) is 17.0. The highest BCUT2D eigenvalue weighted by molar-refractivity contribution is 5.94. The van der Waals surface area contributed by atoms with Gasteiger partial charge >= 0.3 is 0 Å². The molecule has 1 aromatic heterocycles. The van der Waals surface area contributed by atoms with E-state index >= 15 is 0 Å². The minimum absolute atomic E-state index is 0.0614. The number of rotatable bonds is 7. The van der Waals surface area contributed by atoms with Crippen LogP contribution in [-0.4, -0.2) is 30.3 Å². The number of hydrogen-bond donors (Lipinski definition) is 1.